The molecule has 2 N–H and O–H groups in total. The number of imide groups is 1. The van der Waals surface area contributed by atoms with Gasteiger partial charge in [0.2, 0.25) is 0 Å². The zero-order valence-electron chi connectivity index (χ0n) is 10.2. The van der Waals surface area contributed by atoms with Crippen LogP contribution in [-0.4, -0.2) is 36.7 Å². The minimum Gasteiger partial charge on any atom is -0.452 e. The monoisotopic (exact) mass is 255 g/mol. The van der Waals surface area contributed by atoms with Crippen LogP contribution >= 0.6 is 0 Å². The first-order valence-corrected chi connectivity index (χ1v) is 5.07. The zero-order chi connectivity index (χ0) is 13.7. The van der Waals surface area contributed by atoms with Crippen LogP contribution in [0.15, 0.2) is 4.52 Å². The largest absolute Gasteiger partial charge is 0.452 e. The van der Waals surface area contributed by atoms with E-state index in [2.05, 4.69) is 10.5 Å². The summed E-state index contributed by atoms with van der Waals surface area (Å²) < 4.78 is 9.51. The van der Waals surface area contributed by atoms with Crippen LogP contribution in [0.2, 0.25) is 0 Å². The molecule has 0 bridgehead atoms. The number of nitrogens with zero attached hydrogens (tertiary/aromatic N) is 1. The van der Waals surface area contributed by atoms with Crippen LogP contribution < -0.4 is 10.6 Å². The van der Waals surface area contributed by atoms with Crippen molar-refractivity contribution in [3.8, 4) is 0 Å². The van der Waals surface area contributed by atoms with Gasteiger partial charge >= 0.3 is 12.0 Å². The van der Waals surface area contributed by atoms with Gasteiger partial charge in [-0.1, -0.05) is 5.16 Å². The van der Waals surface area contributed by atoms with Crippen molar-refractivity contribution in [1.82, 2.24) is 15.8 Å². The SMILES string of the molecule is CNC(=O)NC(=O)COC(=O)c1c(C)noc1C. The average Bonchev–Trinajstić information content (AvgIpc) is 2.66. The molecule has 0 aliphatic carbocycles. The Balaban J connectivity index is 2.52. The summed E-state index contributed by atoms with van der Waals surface area (Å²) in [6, 6.07) is -0.673. The number of carbonyl (C=O) groups is 3. The van der Waals surface area contributed by atoms with Crippen molar-refractivity contribution in [2.45, 2.75) is 13.8 Å². The van der Waals surface area contributed by atoms with Crippen molar-refractivity contribution in [1.29, 1.82) is 0 Å². The van der Waals surface area contributed by atoms with Crippen molar-refractivity contribution < 1.29 is 23.6 Å². The fraction of sp³-hybridized carbons (Fsp3) is 0.400. The van der Waals surface area contributed by atoms with E-state index in [1.807, 2.05) is 5.32 Å². The topological polar surface area (TPSA) is 111 Å². The molecule has 1 rings (SSSR count). The standard InChI is InChI=1S/C10H13N3O5/c1-5-8(6(2)18-13-5)9(15)17-4-7(14)12-10(16)11-3/h4H2,1-3H3,(H2,11,12,14,16). The summed E-state index contributed by atoms with van der Waals surface area (Å²) in [6.45, 7) is 2.58. The minimum absolute atomic E-state index is 0.183. The summed E-state index contributed by atoms with van der Waals surface area (Å²) in [4.78, 5) is 33.6. The predicted molar refractivity (Wildman–Crippen MR) is 58.9 cm³/mol. The number of rotatable bonds is 3. The highest BCUT2D eigenvalue weighted by atomic mass is 16.5. The second-order valence-corrected chi connectivity index (χ2v) is 3.40. The molecule has 0 saturated carbocycles. The lowest BCUT2D eigenvalue weighted by Gasteiger charge is -2.04. The molecule has 8 nitrogen and oxygen atoms in total. The number of aryl methyl sites for hydroxylation is 2. The van der Waals surface area contributed by atoms with E-state index in [1.165, 1.54) is 7.05 Å². The fourth-order valence-corrected chi connectivity index (χ4v) is 1.20. The molecule has 0 atom stereocenters. The summed E-state index contributed by atoms with van der Waals surface area (Å²) in [6.07, 6.45) is 0. The third-order valence-corrected chi connectivity index (χ3v) is 2.05. The number of ether oxygens (including phenoxy) is 1. The van der Waals surface area contributed by atoms with E-state index in [9.17, 15) is 14.4 Å². The number of hydrogen-bond acceptors (Lipinski definition) is 6. The predicted octanol–water partition coefficient (Wildman–Crippen LogP) is -0.0962. The van der Waals surface area contributed by atoms with Crippen LogP contribution in [0, 0.1) is 13.8 Å². The minimum atomic E-state index is -0.727. The Kier molecular flexibility index (Phi) is 4.41. The van der Waals surface area contributed by atoms with Crippen LogP contribution in [0.1, 0.15) is 21.8 Å². The second-order valence-electron chi connectivity index (χ2n) is 3.40. The van der Waals surface area contributed by atoms with Crippen LogP contribution in [0.25, 0.3) is 0 Å². The molecular formula is C10H13N3O5. The lowest BCUT2D eigenvalue weighted by atomic mass is 10.2. The first-order chi connectivity index (χ1) is 8.45. The van der Waals surface area contributed by atoms with E-state index in [0.29, 0.717) is 11.5 Å². The van der Waals surface area contributed by atoms with Crippen molar-refractivity contribution in [2.75, 3.05) is 13.7 Å². The van der Waals surface area contributed by atoms with Gasteiger partial charge in [0.25, 0.3) is 5.91 Å². The molecular weight excluding hydrogens is 242 g/mol. The number of esters is 1. The molecule has 1 heterocycles. The Bertz CT molecular complexity index is 460. The van der Waals surface area contributed by atoms with Crippen LogP contribution in [0.3, 0.4) is 0 Å². The second kappa shape index (κ2) is 5.80. The van der Waals surface area contributed by atoms with Gasteiger partial charge in [-0.2, -0.15) is 0 Å². The number of hydrogen-bond donors (Lipinski definition) is 2. The Morgan fingerprint density at radius 3 is 2.50 bits per heavy atom. The molecule has 0 unspecified atom stereocenters. The van der Waals surface area contributed by atoms with Crippen molar-refractivity contribution >= 4 is 17.9 Å². The third-order valence-electron chi connectivity index (χ3n) is 2.05. The van der Waals surface area contributed by atoms with Gasteiger partial charge in [-0.15, -0.1) is 0 Å². The molecule has 0 aliphatic rings. The molecule has 98 valence electrons. The van der Waals surface area contributed by atoms with Crippen LogP contribution in [0.4, 0.5) is 4.79 Å². The van der Waals surface area contributed by atoms with Gasteiger partial charge in [0.05, 0.1) is 5.69 Å². The highest BCUT2D eigenvalue weighted by Gasteiger charge is 2.20. The number of urea groups is 1. The lowest BCUT2D eigenvalue weighted by Crippen LogP contribution is -2.39. The zero-order valence-corrected chi connectivity index (χ0v) is 10.2. The fourth-order valence-electron chi connectivity index (χ4n) is 1.20. The maximum atomic E-state index is 11.6. The van der Waals surface area contributed by atoms with E-state index in [-0.39, 0.29) is 5.56 Å². The number of nitrogens with one attached hydrogen (secondary N) is 2. The first-order valence-electron chi connectivity index (χ1n) is 5.07. The van der Waals surface area contributed by atoms with Gasteiger partial charge in [0.15, 0.2) is 6.61 Å². The summed E-state index contributed by atoms with van der Waals surface area (Å²) >= 11 is 0. The Labute approximate surface area is 103 Å². The summed E-state index contributed by atoms with van der Waals surface area (Å²) in [5, 5.41) is 7.73. The van der Waals surface area contributed by atoms with Crippen LogP contribution in [-0.2, 0) is 9.53 Å². The lowest BCUT2D eigenvalue weighted by molar-refractivity contribution is -0.123. The van der Waals surface area contributed by atoms with E-state index >= 15 is 0 Å². The number of aromatic nitrogens is 1. The van der Waals surface area contributed by atoms with E-state index in [4.69, 9.17) is 9.26 Å². The van der Waals surface area contributed by atoms with Crippen LogP contribution in [0.5, 0.6) is 0 Å². The summed E-state index contributed by atoms with van der Waals surface area (Å²) in [5.74, 6) is -1.14. The molecule has 0 fully saturated rings. The highest BCUT2D eigenvalue weighted by molar-refractivity contribution is 5.97. The maximum absolute atomic E-state index is 11.6. The Morgan fingerprint density at radius 1 is 1.33 bits per heavy atom. The quantitative estimate of drug-likeness (QED) is 0.730. The van der Waals surface area contributed by atoms with Gasteiger partial charge < -0.3 is 14.6 Å². The molecule has 8 heteroatoms. The van der Waals surface area contributed by atoms with E-state index in [1.54, 1.807) is 13.8 Å². The average molecular weight is 255 g/mol. The Morgan fingerprint density at radius 2 is 2.00 bits per heavy atom. The van der Waals surface area contributed by atoms with Gasteiger partial charge in [0, 0.05) is 7.05 Å². The highest BCUT2D eigenvalue weighted by Crippen LogP contribution is 2.13. The van der Waals surface area contributed by atoms with E-state index < -0.39 is 24.5 Å². The number of amides is 3. The van der Waals surface area contributed by atoms with Gasteiger partial charge in [-0.05, 0) is 13.8 Å². The third kappa shape index (κ3) is 3.30. The first kappa shape index (κ1) is 13.7. The molecule has 0 radical (unpaired) electrons. The normalized spacial score (nSPS) is 9.72. The van der Waals surface area contributed by atoms with Gasteiger partial charge in [-0.3, -0.25) is 10.1 Å². The van der Waals surface area contributed by atoms with Crippen molar-refractivity contribution in [2.24, 2.45) is 0 Å². The molecule has 0 aliphatic heterocycles. The van der Waals surface area contributed by atoms with E-state index in [0.717, 1.165) is 0 Å². The van der Waals surface area contributed by atoms with Gasteiger partial charge in [0.1, 0.15) is 11.3 Å². The molecule has 1 aromatic rings. The molecule has 18 heavy (non-hydrogen) atoms. The molecule has 0 saturated heterocycles. The van der Waals surface area contributed by atoms with Crippen molar-refractivity contribution in [3.63, 3.8) is 0 Å². The number of carbonyl (C=O) groups excluding carboxylic acids is 3. The molecule has 0 aromatic carbocycles. The van der Waals surface area contributed by atoms with Gasteiger partial charge in [-0.25, -0.2) is 9.59 Å². The summed E-state index contributed by atoms with van der Waals surface area (Å²) in [5.41, 5.74) is 0.562. The maximum Gasteiger partial charge on any atom is 0.344 e. The summed E-state index contributed by atoms with van der Waals surface area (Å²) in [7, 11) is 1.36. The molecule has 0 spiro atoms. The Hall–Kier alpha value is -2.38. The molecule has 3 amide bonds. The molecule has 1 aromatic heterocycles. The van der Waals surface area contributed by atoms with Crippen molar-refractivity contribution in [3.05, 3.63) is 17.0 Å². The smallest absolute Gasteiger partial charge is 0.344 e.